The molecule has 0 bridgehead atoms. The van der Waals surface area contributed by atoms with E-state index in [1.807, 2.05) is 25.2 Å². The molecule has 174 valence electrons. The van der Waals surface area contributed by atoms with Crippen molar-refractivity contribution in [3.63, 3.8) is 0 Å². The number of hydrazone groups is 1. The number of ether oxygens (including phenoxy) is 4. The fourth-order valence-electron chi connectivity index (χ4n) is 8.39. The summed E-state index contributed by atoms with van der Waals surface area (Å²) in [6.45, 7) is 5.59. The molecule has 6 rings (SSSR count). The third-order valence-electron chi connectivity index (χ3n) is 9.60. The van der Waals surface area contributed by atoms with Crippen LogP contribution in [0.5, 0.6) is 0 Å². The van der Waals surface area contributed by atoms with E-state index in [1.165, 1.54) is 11.3 Å². The molecule has 2 saturated heterocycles. The van der Waals surface area contributed by atoms with Gasteiger partial charge in [-0.3, -0.25) is 4.79 Å². The minimum Gasteiger partial charge on any atom is -0.350 e. The standard InChI is InChI=1S/C25H34N2O5/c1-22-9-7-17(28)11-16(22)5-6-18-19-8-10-24(25(32-15-30-24)13-29-14-31-25)23(19,2)12-20(21(18)22)26-27(3)4/h7,9,11,18-19,21H,5-6,8,10,12-15H2,1-4H3/b26-20+/t18-,19-,21+,22-,23-,24+,25?/m0/s1. The Hall–Kier alpha value is -1.54. The first-order chi connectivity index (χ1) is 15.2. The van der Waals surface area contributed by atoms with Crippen LogP contribution in [0.25, 0.3) is 0 Å². The van der Waals surface area contributed by atoms with E-state index in [1.54, 1.807) is 6.08 Å². The lowest BCUT2D eigenvalue weighted by Crippen LogP contribution is -2.65. The van der Waals surface area contributed by atoms with Crippen molar-refractivity contribution in [2.24, 2.45) is 33.7 Å². The van der Waals surface area contributed by atoms with E-state index < -0.39 is 11.4 Å². The number of carbonyl (C=O) groups excluding carboxylic acids is 1. The molecule has 4 aliphatic carbocycles. The lowest BCUT2D eigenvalue weighted by Gasteiger charge is -2.59. The van der Waals surface area contributed by atoms with Crippen molar-refractivity contribution in [2.45, 2.75) is 57.3 Å². The molecule has 7 nitrogen and oxygen atoms in total. The molecule has 0 aromatic heterocycles. The van der Waals surface area contributed by atoms with Gasteiger partial charge in [0.1, 0.15) is 12.2 Å². The summed E-state index contributed by atoms with van der Waals surface area (Å²) >= 11 is 0. The van der Waals surface area contributed by atoms with Crippen molar-refractivity contribution in [2.75, 3.05) is 34.3 Å². The predicted molar refractivity (Wildman–Crippen MR) is 118 cm³/mol. The molecule has 7 atom stereocenters. The van der Waals surface area contributed by atoms with Crippen molar-refractivity contribution in [1.29, 1.82) is 0 Å². The van der Waals surface area contributed by atoms with Crippen molar-refractivity contribution < 1.29 is 23.7 Å². The zero-order valence-corrected chi connectivity index (χ0v) is 19.6. The molecule has 6 aliphatic rings. The first-order valence-corrected chi connectivity index (χ1v) is 11.9. The lowest BCUT2D eigenvalue weighted by molar-refractivity contribution is -0.242. The van der Waals surface area contributed by atoms with Crippen LogP contribution in [-0.2, 0) is 23.7 Å². The van der Waals surface area contributed by atoms with Crippen LogP contribution in [0.3, 0.4) is 0 Å². The highest BCUT2D eigenvalue weighted by Gasteiger charge is 2.76. The van der Waals surface area contributed by atoms with Crippen LogP contribution in [-0.4, -0.2) is 62.2 Å². The first kappa shape index (κ1) is 21.0. The van der Waals surface area contributed by atoms with Crippen molar-refractivity contribution in [3.8, 4) is 0 Å². The van der Waals surface area contributed by atoms with E-state index in [2.05, 4.69) is 19.9 Å². The Morgan fingerprint density at radius 2 is 1.94 bits per heavy atom. The number of carbonyl (C=O) groups is 1. The molecule has 7 heteroatoms. The second-order valence-corrected chi connectivity index (χ2v) is 11.1. The third kappa shape index (κ3) is 2.46. The second-order valence-electron chi connectivity index (χ2n) is 11.1. The molecule has 0 aromatic rings. The number of rotatable bonds is 1. The Bertz CT molecular complexity index is 929. The number of nitrogens with zero attached hydrogens (tertiary/aromatic N) is 2. The van der Waals surface area contributed by atoms with Gasteiger partial charge in [-0.1, -0.05) is 25.5 Å². The summed E-state index contributed by atoms with van der Waals surface area (Å²) in [6.07, 6.45) is 10.6. The van der Waals surface area contributed by atoms with Crippen LogP contribution in [0.1, 0.15) is 46.0 Å². The zero-order valence-electron chi connectivity index (χ0n) is 19.6. The summed E-state index contributed by atoms with van der Waals surface area (Å²) in [5, 5.41) is 7.01. The quantitative estimate of drug-likeness (QED) is 0.581. The van der Waals surface area contributed by atoms with E-state index in [9.17, 15) is 4.79 Å². The van der Waals surface area contributed by atoms with Crippen molar-refractivity contribution in [3.05, 3.63) is 23.8 Å². The molecule has 0 aromatic carbocycles. The van der Waals surface area contributed by atoms with E-state index in [-0.39, 0.29) is 36.1 Å². The summed E-state index contributed by atoms with van der Waals surface area (Å²) < 4.78 is 24.5. The Kier molecular flexibility index (Phi) is 4.43. The lowest BCUT2D eigenvalue weighted by atomic mass is 9.46. The molecular weight excluding hydrogens is 408 g/mol. The number of allylic oxidation sites excluding steroid dienone is 4. The normalized spacial score (nSPS) is 50.6. The van der Waals surface area contributed by atoms with Gasteiger partial charge in [-0.25, -0.2) is 0 Å². The Labute approximate surface area is 189 Å². The summed E-state index contributed by atoms with van der Waals surface area (Å²) in [4.78, 5) is 12.2. The first-order valence-electron chi connectivity index (χ1n) is 11.9. The number of hydrogen-bond donors (Lipinski definition) is 0. The maximum atomic E-state index is 12.2. The molecule has 0 radical (unpaired) electrons. The maximum Gasteiger partial charge on any atom is 0.226 e. The molecule has 0 N–H and O–H groups in total. The molecule has 0 amide bonds. The summed E-state index contributed by atoms with van der Waals surface area (Å²) in [5.74, 6) is 0.505. The van der Waals surface area contributed by atoms with Crippen molar-refractivity contribution >= 4 is 11.5 Å². The monoisotopic (exact) mass is 442 g/mol. The number of hydrogen-bond acceptors (Lipinski definition) is 7. The fourth-order valence-corrected chi connectivity index (χ4v) is 8.39. The second kappa shape index (κ2) is 6.75. The van der Waals surface area contributed by atoms with Gasteiger partial charge in [-0.15, -0.1) is 0 Å². The van der Waals surface area contributed by atoms with Gasteiger partial charge in [-0.05, 0) is 56.1 Å². The van der Waals surface area contributed by atoms with Crippen LogP contribution in [0.15, 0.2) is 28.9 Å². The Morgan fingerprint density at radius 1 is 1.12 bits per heavy atom. The van der Waals surface area contributed by atoms with Crippen LogP contribution in [0.2, 0.25) is 0 Å². The average molecular weight is 443 g/mol. The van der Waals surface area contributed by atoms with Crippen LogP contribution in [0, 0.1) is 28.6 Å². The highest BCUT2D eigenvalue weighted by atomic mass is 16.9. The maximum absolute atomic E-state index is 12.2. The molecule has 2 aliphatic heterocycles. The molecule has 2 heterocycles. The largest absolute Gasteiger partial charge is 0.350 e. The van der Waals surface area contributed by atoms with Gasteiger partial charge in [0.25, 0.3) is 0 Å². The van der Waals surface area contributed by atoms with E-state index in [0.29, 0.717) is 18.4 Å². The van der Waals surface area contributed by atoms with Crippen LogP contribution in [0.4, 0.5) is 0 Å². The molecule has 5 fully saturated rings. The SMILES string of the molecule is CN(C)/N=C1\C[C@@]2(C)[C@@H](CC[C@@]23OCOC32COCO2)[C@@H]2CCC3=CC(=O)C=C[C@]3(C)[C@@H]12. The van der Waals surface area contributed by atoms with Crippen molar-refractivity contribution in [1.82, 2.24) is 5.01 Å². The number of ketones is 1. The fraction of sp³-hybridized carbons (Fsp3) is 0.760. The molecule has 2 spiro atoms. The van der Waals surface area contributed by atoms with Gasteiger partial charge >= 0.3 is 0 Å². The predicted octanol–water partition coefficient (Wildman–Crippen LogP) is 3.27. The summed E-state index contributed by atoms with van der Waals surface area (Å²) in [7, 11) is 3.99. The van der Waals surface area contributed by atoms with Gasteiger partial charge < -0.3 is 24.0 Å². The number of fused-ring (bicyclic) bond motifs is 7. The zero-order chi connectivity index (χ0) is 22.4. The molecule has 32 heavy (non-hydrogen) atoms. The summed E-state index contributed by atoms with van der Waals surface area (Å²) in [6, 6.07) is 0. The molecule has 1 unspecified atom stereocenters. The third-order valence-corrected chi connectivity index (χ3v) is 9.60. The topological polar surface area (TPSA) is 69.6 Å². The molecular formula is C25H34N2O5. The van der Waals surface area contributed by atoms with Crippen LogP contribution >= 0.6 is 0 Å². The average Bonchev–Trinajstić information content (AvgIpc) is 3.43. The Balaban J connectivity index is 1.48. The van der Waals surface area contributed by atoms with E-state index >= 15 is 0 Å². The smallest absolute Gasteiger partial charge is 0.226 e. The summed E-state index contributed by atoms with van der Waals surface area (Å²) in [5.41, 5.74) is 1.60. The van der Waals surface area contributed by atoms with Gasteiger partial charge in [0.2, 0.25) is 5.79 Å². The highest BCUT2D eigenvalue weighted by Crippen LogP contribution is 2.70. The van der Waals surface area contributed by atoms with Gasteiger partial charge in [0.05, 0.1) is 0 Å². The molecule has 3 saturated carbocycles. The Morgan fingerprint density at radius 3 is 2.69 bits per heavy atom. The minimum absolute atomic E-state index is 0.110. The van der Waals surface area contributed by atoms with E-state index in [0.717, 1.165) is 32.1 Å². The highest BCUT2D eigenvalue weighted by molar-refractivity contribution is 6.02. The van der Waals surface area contributed by atoms with Crippen LogP contribution < -0.4 is 0 Å². The van der Waals surface area contributed by atoms with E-state index in [4.69, 9.17) is 24.0 Å². The van der Waals surface area contributed by atoms with Gasteiger partial charge in [0.15, 0.2) is 19.4 Å². The minimum atomic E-state index is -0.826. The van der Waals surface area contributed by atoms with Gasteiger partial charge in [0, 0.05) is 36.6 Å². The van der Waals surface area contributed by atoms with Gasteiger partial charge in [-0.2, -0.15) is 5.10 Å².